The number of esters is 1. The van der Waals surface area contributed by atoms with Crippen molar-refractivity contribution in [1.29, 1.82) is 0 Å². The maximum absolute atomic E-state index is 14.4. The molecule has 45 heavy (non-hydrogen) atoms. The molecule has 3 unspecified atom stereocenters. The highest BCUT2D eigenvalue weighted by atomic mass is 16.6. The molecule has 0 aliphatic rings. The van der Waals surface area contributed by atoms with Gasteiger partial charge in [-0.1, -0.05) is 68.5 Å². The minimum absolute atomic E-state index is 0.00114. The van der Waals surface area contributed by atoms with E-state index in [0.29, 0.717) is 5.56 Å². The van der Waals surface area contributed by atoms with Crippen LogP contribution in [0.5, 0.6) is 0 Å². The molecule has 3 atom stereocenters. The van der Waals surface area contributed by atoms with Gasteiger partial charge >= 0.3 is 12.1 Å². The van der Waals surface area contributed by atoms with Gasteiger partial charge in [0.05, 0.1) is 0 Å². The van der Waals surface area contributed by atoms with Crippen LogP contribution in [0.3, 0.4) is 0 Å². The second-order valence-corrected chi connectivity index (χ2v) is 13.7. The summed E-state index contributed by atoms with van der Waals surface area (Å²) >= 11 is 0. The normalized spacial score (nSPS) is 13.7. The van der Waals surface area contributed by atoms with Crippen LogP contribution in [0.2, 0.25) is 0 Å². The van der Waals surface area contributed by atoms with Crippen molar-refractivity contribution >= 4 is 23.9 Å². The second kappa shape index (κ2) is 15.7. The van der Waals surface area contributed by atoms with Crippen LogP contribution >= 0.6 is 0 Å². The highest BCUT2D eigenvalue weighted by molar-refractivity contribution is 5.94. The Morgan fingerprint density at radius 3 is 1.98 bits per heavy atom. The number of nitrogens with one attached hydrogen (secondary N) is 2. The zero-order valence-corrected chi connectivity index (χ0v) is 28.5. The molecular formula is C36H51N3O6. The maximum atomic E-state index is 14.4. The minimum Gasteiger partial charge on any atom is -0.458 e. The van der Waals surface area contributed by atoms with E-state index in [1.54, 1.807) is 61.5 Å². The Labute approximate surface area is 268 Å². The van der Waals surface area contributed by atoms with Crippen molar-refractivity contribution in [1.82, 2.24) is 15.5 Å². The number of hydrogen-bond donors (Lipinski definition) is 2. The molecule has 2 aromatic carbocycles. The van der Waals surface area contributed by atoms with Crippen LogP contribution in [0.1, 0.15) is 83.7 Å². The molecule has 3 amide bonds. The summed E-state index contributed by atoms with van der Waals surface area (Å²) in [5.74, 6) is -1.99. The van der Waals surface area contributed by atoms with Crippen molar-refractivity contribution in [2.24, 2.45) is 5.92 Å². The summed E-state index contributed by atoms with van der Waals surface area (Å²) in [6.07, 6.45) is 0.971. The van der Waals surface area contributed by atoms with E-state index in [1.807, 2.05) is 56.3 Å². The third kappa shape index (κ3) is 11.7. The molecule has 0 fully saturated rings. The lowest BCUT2D eigenvalue weighted by Gasteiger charge is -2.36. The summed E-state index contributed by atoms with van der Waals surface area (Å²) in [4.78, 5) is 56.2. The third-order valence-electron chi connectivity index (χ3n) is 6.91. The van der Waals surface area contributed by atoms with Gasteiger partial charge in [0.15, 0.2) is 0 Å². The number of ether oxygens (including phenoxy) is 2. The van der Waals surface area contributed by atoms with Crippen molar-refractivity contribution in [3.63, 3.8) is 0 Å². The number of amides is 3. The van der Waals surface area contributed by atoms with Crippen LogP contribution in [-0.2, 0) is 30.3 Å². The van der Waals surface area contributed by atoms with Crippen molar-refractivity contribution in [2.45, 2.75) is 105 Å². The standard InChI is InChI=1S/C36H51N3O6/c1-12-20-39(32(41)29(23(2)3)38-34(43)45-36(9,10)11)30(27-19-18-24(4)25(5)21-27)31(40)37-28(33(42)44-35(6,7)8)22-26-16-14-13-15-17-26/h12-19,21,23,28-30H,1,20,22H2,2-11H3,(H,37,40)(H,38,43). The van der Waals surface area contributed by atoms with Crippen LogP contribution in [0, 0.1) is 19.8 Å². The number of alkyl carbamates (subject to hydrolysis) is 1. The molecule has 0 spiro atoms. The molecule has 2 N–H and O–H groups in total. The van der Waals surface area contributed by atoms with Crippen LogP contribution in [0.15, 0.2) is 61.2 Å². The van der Waals surface area contributed by atoms with Crippen molar-refractivity contribution < 1.29 is 28.7 Å². The molecule has 2 aromatic rings. The summed E-state index contributed by atoms with van der Waals surface area (Å²) in [6, 6.07) is 11.7. The number of nitrogens with zero attached hydrogens (tertiary/aromatic N) is 1. The highest BCUT2D eigenvalue weighted by Gasteiger charge is 2.39. The summed E-state index contributed by atoms with van der Waals surface area (Å²) in [5.41, 5.74) is 1.77. The second-order valence-electron chi connectivity index (χ2n) is 13.7. The molecule has 0 bridgehead atoms. The number of benzene rings is 2. The third-order valence-corrected chi connectivity index (χ3v) is 6.91. The lowest BCUT2D eigenvalue weighted by atomic mass is 9.96. The number of rotatable bonds is 12. The molecule has 9 heteroatoms. The topological polar surface area (TPSA) is 114 Å². The van der Waals surface area contributed by atoms with Crippen molar-refractivity contribution in [3.8, 4) is 0 Å². The SMILES string of the molecule is C=CCN(C(=O)C(NC(=O)OC(C)(C)C)C(C)C)C(C(=O)NC(Cc1ccccc1)C(=O)OC(C)(C)C)c1ccc(C)c(C)c1. The maximum Gasteiger partial charge on any atom is 0.408 e. The largest absolute Gasteiger partial charge is 0.458 e. The van der Waals surface area contributed by atoms with Crippen molar-refractivity contribution in [3.05, 3.63) is 83.4 Å². The smallest absolute Gasteiger partial charge is 0.408 e. The van der Waals surface area contributed by atoms with Gasteiger partial charge in [0.2, 0.25) is 11.8 Å². The average Bonchev–Trinajstić information content (AvgIpc) is 2.91. The zero-order chi connectivity index (χ0) is 34.1. The van der Waals surface area contributed by atoms with E-state index >= 15 is 0 Å². The Bertz CT molecular complexity index is 1340. The molecule has 0 saturated heterocycles. The van der Waals surface area contributed by atoms with Gasteiger partial charge in [-0.15, -0.1) is 6.58 Å². The molecule has 0 heterocycles. The summed E-state index contributed by atoms with van der Waals surface area (Å²) in [7, 11) is 0. The molecule has 0 radical (unpaired) electrons. The van der Waals surface area contributed by atoms with E-state index in [0.717, 1.165) is 16.7 Å². The molecule has 0 saturated carbocycles. The first-order chi connectivity index (χ1) is 20.8. The van der Waals surface area contributed by atoms with Gasteiger partial charge in [0, 0.05) is 13.0 Å². The highest BCUT2D eigenvalue weighted by Crippen LogP contribution is 2.26. The number of carbonyl (C=O) groups excluding carboxylic acids is 4. The summed E-state index contributed by atoms with van der Waals surface area (Å²) in [5, 5.41) is 5.60. The Morgan fingerprint density at radius 1 is 0.867 bits per heavy atom. The molecule has 2 rings (SSSR count). The van der Waals surface area contributed by atoms with Gasteiger partial charge in [-0.3, -0.25) is 9.59 Å². The van der Waals surface area contributed by atoms with Crippen LogP contribution in [0.25, 0.3) is 0 Å². The van der Waals surface area contributed by atoms with E-state index < -0.39 is 53.2 Å². The van der Waals surface area contributed by atoms with Crippen LogP contribution in [-0.4, -0.2) is 58.6 Å². The first-order valence-electron chi connectivity index (χ1n) is 15.4. The van der Waals surface area contributed by atoms with Gasteiger partial charge in [0.1, 0.15) is 29.3 Å². The lowest BCUT2D eigenvalue weighted by molar-refractivity contribution is -0.159. The predicted molar refractivity (Wildman–Crippen MR) is 176 cm³/mol. The van der Waals surface area contributed by atoms with E-state index in [9.17, 15) is 19.2 Å². The van der Waals surface area contributed by atoms with E-state index in [-0.39, 0.29) is 18.9 Å². The summed E-state index contributed by atoms with van der Waals surface area (Å²) in [6.45, 7) is 21.8. The first kappa shape index (κ1) is 37.0. The van der Waals surface area contributed by atoms with Gasteiger partial charge in [-0.2, -0.15) is 0 Å². The molecule has 0 aromatic heterocycles. The average molecular weight is 622 g/mol. The van der Waals surface area contributed by atoms with Gasteiger partial charge in [-0.25, -0.2) is 9.59 Å². The lowest BCUT2D eigenvalue weighted by Crippen LogP contribution is -2.56. The zero-order valence-electron chi connectivity index (χ0n) is 28.5. The van der Waals surface area contributed by atoms with E-state index in [4.69, 9.17) is 9.47 Å². The number of aryl methyl sites for hydroxylation is 2. The fourth-order valence-corrected chi connectivity index (χ4v) is 4.66. The predicted octanol–water partition coefficient (Wildman–Crippen LogP) is 5.98. The Morgan fingerprint density at radius 2 is 1.47 bits per heavy atom. The monoisotopic (exact) mass is 621 g/mol. The summed E-state index contributed by atoms with van der Waals surface area (Å²) < 4.78 is 11.1. The fourth-order valence-electron chi connectivity index (χ4n) is 4.66. The molecule has 246 valence electrons. The minimum atomic E-state index is -1.16. The first-order valence-corrected chi connectivity index (χ1v) is 15.4. The molecule has 0 aliphatic carbocycles. The Kier molecular flexibility index (Phi) is 13.0. The van der Waals surface area contributed by atoms with E-state index in [1.165, 1.54) is 11.0 Å². The molecular weight excluding hydrogens is 570 g/mol. The van der Waals surface area contributed by atoms with Crippen molar-refractivity contribution in [2.75, 3.05) is 6.54 Å². The van der Waals surface area contributed by atoms with Gasteiger partial charge in [-0.05, 0) is 83.6 Å². The fraction of sp³-hybridized carbons (Fsp3) is 0.500. The Balaban J connectivity index is 2.61. The van der Waals surface area contributed by atoms with Gasteiger partial charge < -0.3 is 25.0 Å². The Hall–Kier alpha value is -4.14. The van der Waals surface area contributed by atoms with Crippen LogP contribution < -0.4 is 10.6 Å². The van der Waals surface area contributed by atoms with Gasteiger partial charge in [0.25, 0.3) is 0 Å². The quantitative estimate of drug-likeness (QED) is 0.223. The molecule has 9 nitrogen and oxygen atoms in total. The number of carbonyl (C=O) groups is 4. The number of hydrogen-bond acceptors (Lipinski definition) is 6. The van der Waals surface area contributed by atoms with Crippen LogP contribution in [0.4, 0.5) is 4.79 Å². The molecule has 0 aliphatic heterocycles. The van der Waals surface area contributed by atoms with E-state index in [2.05, 4.69) is 17.2 Å².